The normalized spacial score (nSPS) is 11.5. The highest BCUT2D eigenvalue weighted by molar-refractivity contribution is 6.30. The van der Waals surface area contributed by atoms with Crippen LogP contribution in [0.5, 0.6) is 0 Å². The summed E-state index contributed by atoms with van der Waals surface area (Å²) in [5.41, 5.74) is 6.14. The van der Waals surface area contributed by atoms with E-state index >= 15 is 0 Å². The second-order valence-electron chi connectivity index (χ2n) is 6.90. The van der Waals surface area contributed by atoms with E-state index in [0.29, 0.717) is 21.7 Å². The van der Waals surface area contributed by atoms with Crippen molar-refractivity contribution in [2.75, 3.05) is 13.2 Å². The number of ether oxygens (including phenoxy) is 1. The number of pyridine rings is 1. The van der Waals surface area contributed by atoms with Gasteiger partial charge in [0.05, 0.1) is 6.54 Å². The zero-order valence-corrected chi connectivity index (χ0v) is 17.6. The number of hydrogen-bond acceptors (Lipinski definition) is 5. The van der Waals surface area contributed by atoms with Gasteiger partial charge in [0.2, 0.25) is 5.56 Å². The van der Waals surface area contributed by atoms with E-state index in [1.807, 2.05) is 0 Å². The Morgan fingerprint density at radius 1 is 1.09 bits per heavy atom. The van der Waals surface area contributed by atoms with Gasteiger partial charge in [-0.15, -0.1) is 0 Å². The minimum Gasteiger partial charge on any atom is -0.462 e. The van der Waals surface area contributed by atoms with Gasteiger partial charge in [0.15, 0.2) is 0 Å². The molecule has 0 aliphatic rings. The third kappa shape index (κ3) is 6.08. The van der Waals surface area contributed by atoms with Crippen LogP contribution in [0.2, 0.25) is 5.02 Å². The van der Waals surface area contributed by atoms with Crippen molar-refractivity contribution in [3.8, 4) is 0 Å². The molecule has 166 valence electrons. The number of nitrogens with one attached hydrogen (secondary N) is 3. The van der Waals surface area contributed by atoms with Crippen LogP contribution < -0.4 is 21.9 Å². The molecule has 1 heterocycles. The number of benzene rings is 2. The molecule has 1 atom stereocenters. The second-order valence-corrected chi connectivity index (χ2v) is 7.34. The van der Waals surface area contributed by atoms with Crippen molar-refractivity contribution < 1.29 is 19.1 Å². The summed E-state index contributed by atoms with van der Waals surface area (Å²) in [7, 11) is 0. The number of carbonyl (C=O) groups is 3. The van der Waals surface area contributed by atoms with Gasteiger partial charge in [-0.2, -0.15) is 0 Å². The number of aromatic nitrogens is 1. The van der Waals surface area contributed by atoms with Crippen LogP contribution in [0, 0.1) is 0 Å². The first-order valence-corrected chi connectivity index (χ1v) is 10.1. The van der Waals surface area contributed by atoms with E-state index in [1.165, 1.54) is 18.2 Å². The highest BCUT2D eigenvalue weighted by Gasteiger charge is 2.24. The molecule has 0 saturated carbocycles. The lowest BCUT2D eigenvalue weighted by molar-refractivity contribution is -0.145. The fraction of sp³-hybridized carbons (Fsp3) is 0.182. The summed E-state index contributed by atoms with van der Waals surface area (Å²) in [4.78, 5) is 51.0. The standard InChI is InChI=1S/C22H21ClN4O5/c23-15-7-5-13(6-8-15)20(29)27-18(21(30)32-10-9-25-22(24)31)11-14-12-19(28)26-17-4-2-1-3-16(14)17/h1-8,12,18H,9-11H2,(H,26,28)(H,27,29)(H3,24,25,31). The van der Waals surface area contributed by atoms with Gasteiger partial charge in [-0.25, -0.2) is 9.59 Å². The van der Waals surface area contributed by atoms with Crippen LogP contribution in [-0.2, 0) is 16.0 Å². The maximum Gasteiger partial charge on any atom is 0.329 e. The molecule has 0 bridgehead atoms. The minimum atomic E-state index is -1.09. The Labute approximate surface area is 187 Å². The predicted octanol–water partition coefficient (Wildman–Crippen LogP) is 1.73. The van der Waals surface area contributed by atoms with Crippen molar-refractivity contribution in [2.24, 2.45) is 5.73 Å². The molecule has 9 nitrogen and oxygen atoms in total. The molecule has 3 aromatic rings. The first-order valence-electron chi connectivity index (χ1n) is 9.71. The molecule has 0 spiro atoms. The Morgan fingerprint density at radius 3 is 2.53 bits per heavy atom. The Hall–Kier alpha value is -3.85. The van der Waals surface area contributed by atoms with E-state index in [0.717, 1.165) is 5.39 Å². The highest BCUT2D eigenvalue weighted by Crippen LogP contribution is 2.17. The number of nitrogens with two attached hydrogens (primary N) is 1. The summed E-state index contributed by atoms with van der Waals surface area (Å²) in [5.74, 6) is -1.23. The van der Waals surface area contributed by atoms with Gasteiger partial charge >= 0.3 is 12.0 Å². The maximum atomic E-state index is 12.7. The van der Waals surface area contributed by atoms with Crippen LogP contribution in [0.1, 0.15) is 15.9 Å². The third-order valence-corrected chi connectivity index (χ3v) is 4.85. The highest BCUT2D eigenvalue weighted by atomic mass is 35.5. The summed E-state index contributed by atoms with van der Waals surface area (Å²) in [6.45, 7) is -0.113. The van der Waals surface area contributed by atoms with Gasteiger partial charge in [-0.3, -0.25) is 9.59 Å². The number of primary amides is 1. The van der Waals surface area contributed by atoms with Gasteiger partial charge in [0, 0.05) is 34.0 Å². The van der Waals surface area contributed by atoms with Crippen molar-refractivity contribution in [1.82, 2.24) is 15.6 Å². The summed E-state index contributed by atoms with van der Waals surface area (Å²) in [5, 5.41) is 6.17. The summed E-state index contributed by atoms with van der Waals surface area (Å²) >= 11 is 5.87. The molecule has 10 heteroatoms. The minimum absolute atomic E-state index is 0.0197. The Bertz CT molecular complexity index is 1190. The quantitative estimate of drug-likeness (QED) is 0.301. The molecule has 0 radical (unpaired) electrons. The molecule has 0 aliphatic carbocycles. The second kappa shape index (κ2) is 10.5. The van der Waals surface area contributed by atoms with Crippen molar-refractivity contribution >= 4 is 40.4 Å². The first kappa shape index (κ1) is 22.8. The molecular formula is C22H21ClN4O5. The average Bonchev–Trinajstić information content (AvgIpc) is 2.76. The molecule has 0 saturated heterocycles. The van der Waals surface area contributed by atoms with Crippen LogP contribution in [-0.4, -0.2) is 42.1 Å². The SMILES string of the molecule is NC(=O)NCCOC(=O)C(Cc1cc(=O)[nH]c2ccccc12)NC(=O)c1ccc(Cl)cc1. The monoisotopic (exact) mass is 456 g/mol. The molecule has 0 aliphatic heterocycles. The molecule has 2 aromatic carbocycles. The fourth-order valence-electron chi connectivity index (χ4n) is 3.13. The first-order chi connectivity index (χ1) is 15.3. The van der Waals surface area contributed by atoms with Gasteiger partial charge in [-0.1, -0.05) is 29.8 Å². The third-order valence-electron chi connectivity index (χ3n) is 4.60. The lowest BCUT2D eigenvalue weighted by Crippen LogP contribution is -2.44. The molecular weight excluding hydrogens is 436 g/mol. The molecule has 3 amide bonds. The smallest absolute Gasteiger partial charge is 0.329 e. The summed E-state index contributed by atoms with van der Waals surface area (Å²) < 4.78 is 5.19. The number of esters is 1. The number of halogens is 1. The number of H-pyrrole nitrogens is 1. The Kier molecular flexibility index (Phi) is 7.45. The number of rotatable bonds is 8. The van der Waals surface area contributed by atoms with Gasteiger partial charge in [-0.05, 0) is 35.9 Å². The Morgan fingerprint density at radius 2 is 1.81 bits per heavy atom. The van der Waals surface area contributed by atoms with Gasteiger partial charge < -0.3 is 26.1 Å². The number of hydrogen-bond donors (Lipinski definition) is 4. The lowest BCUT2D eigenvalue weighted by Gasteiger charge is -2.19. The van der Waals surface area contributed by atoms with Crippen molar-refractivity contribution in [3.63, 3.8) is 0 Å². The van der Waals surface area contributed by atoms with E-state index < -0.39 is 23.9 Å². The summed E-state index contributed by atoms with van der Waals surface area (Å²) in [6.07, 6.45) is 0.0197. The van der Waals surface area contributed by atoms with Crippen LogP contribution >= 0.6 is 11.6 Å². The van der Waals surface area contributed by atoms with Crippen LogP contribution in [0.4, 0.5) is 4.79 Å². The maximum absolute atomic E-state index is 12.7. The van der Waals surface area contributed by atoms with E-state index in [2.05, 4.69) is 15.6 Å². The zero-order valence-electron chi connectivity index (χ0n) is 16.9. The Balaban J connectivity index is 1.84. The van der Waals surface area contributed by atoms with Crippen molar-refractivity contribution in [2.45, 2.75) is 12.5 Å². The largest absolute Gasteiger partial charge is 0.462 e. The van der Waals surface area contributed by atoms with Gasteiger partial charge in [0.25, 0.3) is 5.91 Å². The molecule has 0 fully saturated rings. The molecule has 32 heavy (non-hydrogen) atoms. The number of aromatic amines is 1. The summed E-state index contributed by atoms with van der Waals surface area (Å²) in [6, 6.07) is 12.9. The van der Waals surface area contributed by atoms with Crippen molar-refractivity contribution in [1.29, 1.82) is 0 Å². The van der Waals surface area contributed by atoms with E-state index in [4.69, 9.17) is 22.1 Å². The van der Waals surface area contributed by atoms with E-state index in [-0.39, 0.29) is 25.1 Å². The van der Waals surface area contributed by atoms with Crippen molar-refractivity contribution in [3.05, 3.63) is 81.1 Å². The number of fused-ring (bicyclic) bond motifs is 1. The molecule has 1 unspecified atom stereocenters. The van der Waals surface area contributed by atoms with E-state index in [1.54, 1.807) is 36.4 Å². The fourth-order valence-corrected chi connectivity index (χ4v) is 3.25. The zero-order chi connectivity index (χ0) is 23.1. The number of carbonyl (C=O) groups excluding carboxylic acids is 3. The molecule has 1 aromatic heterocycles. The predicted molar refractivity (Wildman–Crippen MR) is 120 cm³/mol. The van der Waals surface area contributed by atoms with Crippen LogP contribution in [0.25, 0.3) is 10.9 Å². The number of amides is 3. The molecule has 5 N–H and O–H groups in total. The average molecular weight is 457 g/mol. The lowest BCUT2D eigenvalue weighted by atomic mass is 10.0. The van der Waals surface area contributed by atoms with E-state index in [9.17, 15) is 19.2 Å². The topological polar surface area (TPSA) is 143 Å². The molecule has 3 rings (SSSR count). The van der Waals surface area contributed by atoms with Crippen LogP contribution in [0.3, 0.4) is 0 Å². The van der Waals surface area contributed by atoms with Gasteiger partial charge in [0.1, 0.15) is 12.6 Å². The number of para-hydroxylation sites is 1. The number of urea groups is 1. The van der Waals surface area contributed by atoms with Crippen LogP contribution in [0.15, 0.2) is 59.4 Å².